The van der Waals surface area contributed by atoms with Gasteiger partial charge < -0.3 is 9.80 Å². The summed E-state index contributed by atoms with van der Waals surface area (Å²) in [7, 11) is 0. The number of hydrogen-bond acceptors (Lipinski definition) is 3. The fourth-order valence-electron chi connectivity index (χ4n) is 4.88. The standard InChI is InChI=1S/C26H31N3O3/c1-21(30)27-18-15-26(16-19-27)24(31)28(17-9-8-12-22-10-4-2-5-11-22)25(32)29(26)20-23-13-6-3-7-14-23/h2-7,10-11,13-14H,8-9,12,15-20H2,1H3. The van der Waals surface area contributed by atoms with E-state index in [0.29, 0.717) is 39.0 Å². The van der Waals surface area contributed by atoms with Gasteiger partial charge in [0.25, 0.3) is 5.91 Å². The number of nitrogens with zero attached hydrogens (tertiary/aromatic N) is 3. The Bertz CT molecular complexity index is 953. The van der Waals surface area contributed by atoms with Crippen molar-refractivity contribution in [3.05, 3.63) is 71.8 Å². The Morgan fingerprint density at radius 1 is 0.875 bits per heavy atom. The molecule has 2 saturated heterocycles. The van der Waals surface area contributed by atoms with E-state index in [1.54, 1.807) is 16.7 Å². The topological polar surface area (TPSA) is 60.9 Å². The number of amides is 4. The van der Waals surface area contributed by atoms with Crippen LogP contribution < -0.4 is 0 Å². The lowest BCUT2D eigenvalue weighted by Gasteiger charge is -2.42. The normalized spacial score (nSPS) is 18.0. The molecule has 32 heavy (non-hydrogen) atoms. The highest BCUT2D eigenvalue weighted by Crippen LogP contribution is 2.38. The fraction of sp³-hybridized carbons (Fsp3) is 0.423. The zero-order valence-corrected chi connectivity index (χ0v) is 18.7. The maximum Gasteiger partial charge on any atom is 0.327 e. The molecule has 0 unspecified atom stereocenters. The van der Waals surface area contributed by atoms with Crippen LogP contribution in [0.5, 0.6) is 0 Å². The smallest absolute Gasteiger partial charge is 0.327 e. The van der Waals surface area contributed by atoms with Gasteiger partial charge in [-0.25, -0.2) is 4.79 Å². The first-order valence-electron chi connectivity index (χ1n) is 11.5. The summed E-state index contributed by atoms with van der Waals surface area (Å²) in [4.78, 5) is 43.8. The highest BCUT2D eigenvalue weighted by Gasteiger charge is 2.57. The minimum Gasteiger partial charge on any atom is -0.343 e. The van der Waals surface area contributed by atoms with Crippen LogP contribution in [0.1, 0.15) is 43.7 Å². The summed E-state index contributed by atoms with van der Waals surface area (Å²) in [5, 5.41) is 0. The second-order valence-electron chi connectivity index (χ2n) is 8.79. The van der Waals surface area contributed by atoms with Gasteiger partial charge >= 0.3 is 6.03 Å². The second-order valence-corrected chi connectivity index (χ2v) is 8.79. The first-order valence-corrected chi connectivity index (χ1v) is 11.5. The van der Waals surface area contributed by atoms with Gasteiger partial charge in [0, 0.05) is 33.1 Å². The van der Waals surface area contributed by atoms with Crippen molar-refractivity contribution in [2.24, 2.45) is 0 Å². The van der Waals surface area contributed by atoms with Crippen molar-refractivity contribution in [2.75, 3.05) is 19.6 Å². The molecule has 2 aliphatic heterocycles. The lowest BCUT2D eigenvalue weighted by atomic mass is 9.85. The predicted molar refractivity (Wildman–Crippen MR) is 123 cm³/mol. The molecule has 2 heterocycles. The first-order chi connectivity index (χ1) is 15.5. The van der Waals surface area contributed by atoms with Gasteiger partial charge in [0.05, 0.1) is 0 Å². The molecular weight excluding hydrogens is 402 g/mol. The van der Waals surface area contributed by atoms with Crippen LogP contribution in [0.3, 0.4) is 0 Å². The van der Waals surface area contributed by atoms with Crippen molar-refractivity contribution in [2.45, 2.75) is 51.1 Å². The van der Waals surface area contributed by atoms with Crippen LogP contribution in [-0.2, 0) is 22.6 Å². The zero-order chi connectivity index (χ0) is 22.6. The molecule has 2 aromatic carbocycles. The zero-order valence-electron chi connectivity index (χ0n) is 18.7. The number of hydrogen-bond donors (Lipinski definition) is 0. The molecule has 2 aromatic rings. The summed E-state index contributed by atoms with van der Waals surface area (Å²) >= 11 is 0. The maximum atomic E-state index is 13.6. The van der Waals surface area contributed by atoms with Crippen LogP contribution in [-0.4, -0.2) is 57.7 Å². The van der Waals surface area contributed by atoms with E-state index in [1.165, 1.54) is 10.5 Å². The van der Waals surface area contributed by atoms with E-state index < -0.39 is 5.54 Å². The lowest BCUT2D eigenvalue weighted by Crippen LogP contribution is -2.56. The van der Waals surface area contributed by atoms with Crippen molar-refractivity contribution in [3.63, 3.8) is 0 Å². The Hall–Kier alpha value is -3.15. The van der Waals surface area contributed by atoms with E-state index in [4.69, 9.17) is 0 Å². The number of aryl methyl sites for hydroxylation is 1. The van der Waals surface area contributed by atoms with Gasteiger partial charge in [0.1, 0.15) is 5.54 Å². The van der Waals surface area contributed by atoms with Crippen molar-refractivity contribution in [1.82, 2.24) is 14.7 Å². The molecule has 0 aromatic heterocycles. The summed E-state index contributed by atoms with van der Waals surface area (Å²) in [6.07, 6.45) is 3.62. The first kappa shape index (κ1) is 22.1. The largest absolute Gasteiger partial charge is 0.343 e. The van der Waals surface area contributed by atoms with Gasteiger partial charge in [-0.05, 0) is 43.2 Å². The fourth-order valence-corrected chi connectivity index (χ4v) is 4.88. The second kappa shape index (κ2) is 9.55. The number of benzene rings is 2. The number of unbranched alkanes of at least 4 members (excludes halogenated alkanes) is 1. The molecule has 1 spiro atoms. The Morgan fingerprint density at radius 2 is 1.47 bits per heavy atom. The predicted octanol–water partition coefficient (Wildman–Crippen LogP) is 3.85. The average Bonchev–Trinajstić information content (AvgIpc) is 3.00. The van der Waals surface area contributed by atoms with Gasteiger partial charge in [-0.2, -0.15) is 0 Å². The molecule has 4 amide bonds. The molecule has 6 heteroatoms. The van der Waals surface area contributed by atoms with E-state index in [9.17, 15) is 14.4 Å². The van der Waals surface area contributed by atoms with Gasteiger partial charge in [-0.1, -0.05) is 60.7 Å². The molecule has 0 atom stereocenters. The molecule has 6 nitrogen and oxygen atoms in total. The Kier molecular flexibility index (Phi) is 6.58. The van der Waals surface area contributed by atoms with Gasteiger partial charge in [-0.15, -0.1) is 0 Å². The van der Waals surface area contributed by atoms with Gasteiger partial charge in [0.2, 0.25) is 5.91 Å². The van der Waals surface area contributed by atoms with Crippen LogP contribution in [0.2, 0.25) is 0 Å². The van der Waals surface area contributed by atoms with E-state index in [0.717, 1.165) is 24.8 Å². The number of carbonyl (C=O) groups is 3. The van der Waals surface area contributed by atoms with Crippen molar-refractivity contribution < 1.29 is 14.4 Å². The molecule has 0 N–H and O–H groups in total. The summed E-state index contributed by atoms with van der Waals surface area (Å²) in [6, 6.07) is 19.9. The van der Waals surface area contributed by atoms with Crippen LogP contribution in [0, 0.1) is 0 Å². The van der Waals surface area contributed by atoms with Crippen LogP contribution in [0.4, 0.5) is 4.79 Å². The van der Waals surface area contributed by atoms with Crippen molar-refractivity contribution in [1.29, 1.82) is 0 Å². The van der Waals surface area contributed by atoms with E-state index in [2.05, 4.69) is 12.1 Å². The molecule has 168 valence electrons. The number of carbonyl (C=O) groups excluding carboxylic acids is 3. The number of rotatable bonds is 7. The summed E-state index contributed by atoms with van der Waals surface area (Å²) < 4.78 is 0. The van der Waals surface area contributed by atoms with E-state index in [-0.39, 0.29) is 17.8 Å². The molecule has 0 radical (unpaired) electrons. The molecule has 0 bridgehead atoms. The van der Waals surface area contributed by atoms with Gasteiger partial charge in [-0.3, -0.25) is 14.5 Å². The van der Waals surface area contributed by atoms with Crippen molar-refractivity contribution in [3.8, 4) is 0 Å². The minimum absolute atomic E-state index is 0.0176. The number of likely N-dealkylation sites (tertiary alicyclic amines) is 1. The van der Waals surface area contributed by atoms with Crippen LogP contribution in [0.25, 0.3) is 0 Å². The van der Waals surface area contributed by atoms with Crippen molar-refractivity contribution >= 4 is 17.8 Å². The minimum atomic E-state index is -0.849. The molecule has 2 aliphatic rings. The monoisotopic (exact) mass is 433 g/mol. The molecular formula is C26H31N3O3. The van der Waals surface area contributed by atoms with Gasteiger partial charge in [0.15, 0.2) is 0 Å². The highest BCUT2D eigenvalue weighted by atomic mass is 16.2. The summed E-state index contributed by atoms with van der Waals surface area (Å²) in [6.45, 7) is 3.41. The Morgan fingerprint density at radius 3 is 2.06 bits per heavy atom. The third kappa shape index (κ3) is 4.40. The van der Waals surface area contributed by atoms with Crippen LogP contribution >= 0.6 is 0 Å². The Balaban J connectivity index is 1.48. The van der Waals surface area contributed by atoms with E-state index in [1.807, 2.05) is 48.5 Å². The third-order valence-corrected chi connectivity index (χ3v) is 6.78. The SMILES string of the molecule is CC(=O)N1CCC2(CC1)C(=O)N(CCCCc1ccccc1)C(=O)N2Cc1ccccc1. The number of imide groups is 1. The average molecular weight is 434 g/mol. The molecule has 0 aliphatic carbocycles. The molecule has 4 rings (SSSR count). The van der Waals surface area contributed by atoms with E-state index >= 15 is 0 Å². The third-order valence-electron chi connectivity index (χ3n) is 6.78. The number of urea groups is 1. The molecule has 0 saturated carbocycles. The summed E-state index contributed by atoms with van der Waals surface area (Å²) in [5.41, 5.74) is 1.43. The molecule has 2 fully saturated rings. The maximum absolute atomic E-state index is 13.6. The quantitative estimate of drug-likeness (QED) is 0.492. The Labute approximate surface area is 189 Å². The highest BCUT2D eigenvalue weighted by molar-refractivity contribution is 6.07. The van der Waals surface area contributed by atoms with Crippen LogP contribution in [0.15, 0.2) is 60.7 Å². The lowest BCUT2D eigenvalue weighted by molar-refractivity contribution is -0.140. The summed E-state index contributed by atoms with van der Waals surface area (Å²) in [5.74, 6) is -0.0784. The number of piperidine rings is 1.